The highest BCUT2D eigenvalue weighted by atomic mass is 32.2. The second kappa shape index (κ2) is 9.01. The molecule has 2 unspecified atom stereocenters. The monoisotopic (exact) mass is 498 g/mol. The Kier molecular flexibility index (Phi) is 6.41. The fraction of sp³-hybridized carbons (Fsp3) is 0.435. The molecule has 0 saturated carbocycles. The molecule has 7 nitrogen and oxygen atoms in total. The van der Waals surface area contributed by atoms with E-state index in [9.17, 15) is 26.4 Å². The van der Waals surface area contributed by atoms with E-state index in [4.69, 9.17) is 4.74 Å². The number of nitrogens with one attached hydrogen (secondary N) is 1. The van der Waals surface area contributed by atoms with Gasteiger partial charge in [0.15, 0.2) is 0 Å². The average molecular weight is 499 g/mol. The van der Waals surface area contributed by atoms with Crippen molar-refractivity contribution in [2.45, 2.75) is 55.3 Å². The molecule has 2 aromatic carbocycles. The normalized spacial score (nSPS) is 20.2. The van der Waals surface area contributed by atoms with Crippen LogP contribution < -0.4 is 14.4 Å². The van der Waals surface area contributed by atoms with Crippen LogP contribution in [0, 0.1) is 0 Å². The second-order valence-corrected chi connectivity index (χ2v) is 10.1. The molecule has 0 aliphatic carbocycles. The summed E-state index contributed by atoms with van der Waals surface area (Å²) in [6.45, 7) is 0. The van der Waals surface area contributed by atoms with Gasteiger partial charge >= 0.3 is 12.1 Å². The summed E-state index contributed by atoms with van der Waals surface area (Å²) in [5.74, 6) is -0.824. The van der Waals surface area contributed by atoms with Gasteiger partial charge in [0.2, 0.25) is 0 Å². The van der Waals surface area contributed by atoms with Crippen LogP contribution in [0.25, 0.3) is 0 Å². The molecule has 184 valence electrons. The Morgan fingerprint density at radius 2 is 1.71 bits per heavy atom. The molecule has 2 fully saturated rings. The number of alkyl halides is 3. The lowest BCUT2D eigenvalue weighted by Crippen LogP contribution is -2.40. The molecule has 0 radical (unpaired) electrons. The Morgan fingerprint density at radius 1 is 1.03 bits per heavy atom. The zero-order valence-electron chi connectivity index (χ0n) is 18.7. The first kappa shape index (κ1) is 24.2. The largest absolute Gasteiger partial charge is 0.495 e. The minimum absolute atomic E-state index is 0.0398. The summed E-state index contributed by atoms with van der Waals surface area (Å²) < 4.78 is 79.4. The van der Waals surface area contributed by atoms with Gasteiger partial charge in [0, 0.05) is 12.1 Å². The molecule has 2 saturated heterocycles. The summed E-state index contributed by atoms with van der Waals surface area (Å²) in [7, 11) is -2.02. The summed E-state index contributed by atoms with van der Waals surface area (Å²) in [5, 5.41) is 0. The van der Waals surface area contributed by atoms with E-state index in [1.165, 1.54) is 25.3 Å². The Labute approximate surface area is 195 Å². The minimum Gasteiger partial charge on any atom is -0.495 e. The highest BCUT2D eigenvalue weighted by molar-refractivity contribution is 7.92. The van der Waals surface area contributed by atoms with Gasteiger partial charge in [0.1, 0.15) is 10.6 Å². The van der Waals surface area contributed by atoms with Crippen LogP contribution in [0.15, 0.2) is 41.3 Å². The van der Waals surface area contributed by atoms with Crippen LogP contribution in [-0.2, 0) is 20.9 Å². The number of methoxy groups -OCH3 is 2. The smallest absolute Gasteiger partial charge is 0.416 e. The van der Waals surface area contributed by atoms with Crippen molar-refractivity contribution in [2.75, 3.05) is 23.8 Å². The molecule has 2 aromatic rings. The van der Waals surface area contributed by atoms with Gasteiger partial charge in [-0.3, -0.25) is 4.72 Å². The molecular weight excluding hydrogens is 473 g/mol. The third-order valence-corrected chi connectivity index (χ3v) is 7.80. The SMILES string of the molecule is COC(=O)c1ccc(OC)c(S(=O)(=O)Nc2cc(C(F)(F)F)ccc2N2C3CCCC2CC3)c1. The van der Waals surface area contributed by atoms with E-state index in [0.29, 0.717) is 5.69 Å². The summed E-state index contributed by atoms with van der Waals surface area (Å²) in [5.41, 5.74) is -0.762. The number of hydrogen-bond donors (Lipinski definition) is 1. The molecule has 2 aliphatic rings. The number of esters is 1. The molecule has 1 N–H and O–H groups in total. The first-order chi connectivity index (χ1) is 16.0. The number of carbonyl (C=O) groups is 1. The summed E-state index contributed by atoms with van der Waals surface area (Å²) in [6, 6.07) is 7.12. The fourth-order valence-corrected chi connectivity index (χ4v) is 6.12. The quantitative estimate of drug-likeness (QED) is 0.575. The number of hydrogen-bond acceptors (Lipinski definition) is 6. The van der Waals surface area contributed by atoms with E-state index in [-0.39, 0.29) is 34.0 Å². The Hall–Kier alpha value is -2.95. The first-order valence-corrected chi connectivity index (χ1v) is 12.3. The van der Waals surface area contributed by atoms with Crippen LogP contribution in [0.5, 0.6) is 5.75 Å². The predicted octanol–water partition coefficient (Wildman–Crippen LogP) is 4.82. The van der Waals surface area contributed by atoms with Crippen LogP contribution in [0.1, 0.15) is 48.0 Å². The van der Waals surface area contributed by atoms with Gasteiger partial charge in [-0.25, -0.2) is 13.2 Å². The zero-order valence-corrected chi connectivity index (χ0v) is 19.5. The fourth-order valence-electron chi connectivity index (χ4n) is 4.86. The number of carbonyl (C=O) groups excluding carboxylic acids is 1. The number of fused-ring (bicyclic) bond motifs is 2. The Morgan fingerprint density at radius 3 is 2.29 bits per heavy atom. The van der Waals surface area contributed by atoms with E-state index in [1.54, 1.807) is 0 Å². The van der Waals surface area contributed by atoms with Gasteiger partial charge in [-0.1, -0.05) is 0 Å². The van der Waals surface area contributed by atoms with Crippen LogP contribution in [0.4, 0.5) is 24.5 Å². The van der Waals surface area contributed by atoms with Crippen LogP contribution >= 0.6 is 0 Å². The molecule has 2 aliphatic heterocycles. The number of sulfonamides is 1. The van der Waals surface area contributed by atoms with Crippen molar-refractivity contribution in [3.63, 3.8) is 0 Å². The molecule has 0 spiro atoms. The van der Waals surface area contributed by atoms with Crippen molar-refractivity contribution >= 4 is 27.4 Å². The van der Waals surface area contributed by atoms with Gasteiger partial charge in [-0.05, 0) is 68.5 Å². The highest BCUT2D eigenvalue weighted by Crippen LogP contribution is 2.44. The van der Waals surface area contributed by atoms with Crippen LogP contribution in [0.2, 0.25) is 0 Å². The molecular formula is C23H25F3N2O5S. The van der Waals surface area contributed by atoms with Crippen molar-refractivity contribution in [1.29, 1.82) is 0 Å². The van der Waals surface area contributed by atoms with Crippen LogP contribution in [0.3, 0.4) is 0 Å². The van der Waals surface area contributed by atoms with Gasteiger partial charge in [0.25, 0.3) is 10.0 Å². The van der Waals surface area contributed by atoms with Crippen molar-refractivity contribution in [2.24, 2.45) is 0 Å². The standard InChI is InChI=1S/C23H25F3N2O5S/c1-32-20-11-6-14(22(29)33-2)12-21(20)34(30,31)27-18-13-15(23(24,25)26)7-10-19(18)28-16-4-3-5-17(28)9-8-16/h6-7,10-13,16-17,27H,3-5,8-9H2,1-2H3. The number of nitrogens with zero attached hydrogens (tertiary/aromatic N) is 1. The molecule has 11 heteroatoms. The summed E-state index contributed by atoms with van der Waals surface area (Å²) in [6.07, 6.45) is 0.00428. The number of halogens is 3. The zero-order chi connectivity index (χ0) is 24.7. The minimum atomic E-state index is -4.65. The van der Waals surface area contributed by atoms with Crippen molar-refractivity contribution < 1.29 is 35.9 Å². The summed E-state index contributed by atoms with van der Waals surface area (Å²) >= 11 is 0. The van der Waals surface area contributed by atoms with Crippen molar-refractivity contribution in [3.05, 3.63) is 47.5 Å². The Bertz CT molecular complexity index is 1180. The topological polar surface area (TPSA) is 84.9 Å². The van der Waals surface area contributed by atoms with Crippen LogP contribution in [-0.4, -0.2) is 40.7 Å². The predicted molar refractivity (Wildman–Crippen MR) is 120 cm³/mol. The number of rotatable bonds is 6. The van der Waals surface area contributed by atoms with E-state index >= 15 is 0 Å². The third-order valence-electron chi connectivity index (χ3n) is 6.42. The number of ether oxygens (including phenoxy) is 2. The maximum Gasteiger partial charge on any atom is 0.416 e. The lowest BCUT2D eigenvalue weighted by atomic mass is 10.0. The maximum atomic E-state index is 13.5. The van der Waals surface area contributed by atoms with Gasteiger partial charge in [-0.2, -0.15) is 13.2 Å². The van der Waals surface area contributed by atoms with Crippen molar-refractivity contribution in [3.8, 4) is 5.75 Å². The average Bonchev–Trinajstić information content (AvgIpc) is 3.04. The molecule has 2 bridgehead atoms. The molecule has 2 atom stereocenters. The Balaban J connectivity index is 1.80. The molecule has 0 amide bonds. The lowest BCUT2D eigenvalue weighted by molar-refractivity contribution is -0.137. The maximum absolute atomic E-state index is 13.5. The van der Waals surface area contributed by atoms with E-state index in [1.807, 2.05) is 4.90 Å². The van der Waals surface area contributed by atoms with Gasteiger partial charge in [-0.15, -0.1) is 0 Å². The van der Waals surface area contributed by atoms with E-state index in [2.05, 4.69) is 9.46 Å². The molecule has 0 aromatic heterocycles. The summed E-state index contributed by atoms with van der Waals surface area (Å²) in [4.78, 5) is 13.6. The lowest BCUT2D eigenvalue weighted by Gasteiger charge is -2.38. The van der Waals surface area contributed by atoms with E-state index < -0.39 is 27.7 Å². The number of piperidine rings is 1. The number of benzene rings is 2. The number of anilines is 2. The van der Waals surface area contributed by atoms with E-state index in [0.717, 1.165) is 57.4 Å². The second-order valence-electron chi connectivity index (χ2n) is 8.42. The molecule has 4 rings (SSSR count). The molecule has 2 heterocycles. The van der Waals surface area contributed by atoms with Gasteiger partial charge < -0.3 is 14.4 Å². The third kappa shape index (κ3) is 4.53. The first-order valence-electron chi connectivity index (χ1n) is 10.8. The van der Waals surface area contributed by atoms with Crippen molar-refractivity contribution in [1.82, 2.24) is 0 Å². The van der Waals surface area contributed by atoms with Gasteiger partial charge in [0.05, 0.1) is 36.7 Å². The molecule has 34 heavy (non-hydrogen) atoms. The highest BCUT2D eigenvalue weighted by Gasteiger charge is 2.39.